The third kappa shape index (κ3) is 2.98. The molecule has 0 atom stereocenters. The summed E-state index contributed by atoms with van der Waals surface area (Å²) in [7, 11) is 0. The lowest BCUT2D eigenvalue weighted by molar-refractivity contribution is 0.524. The van der Waals surface area contributed by atoms with E-state index in [0.717, 1.165) is 19.1 Å². The Bertz CT molecular complexity index is 800. The van der Waals surface area contributed by atoms with Gasteiger partial charge in [0.2, 0.25) is 0 Å². The van der Waals surface area contributed by atoms with Gasteiger partial charge < -0.3 is 9.88 Å². The minimum absolute atomic E-state index is 0. The summed E-state index contributed by atoms with van der Waals surface area (Å²) < 4.78 is 2.42. The average Bonchev–Trinajstić information content (AvgIpc) is 3.18. The van der Waals surface area contributed by atoms with Crippen LogP contribution in [0.1, 0.15) is 38.2 Å². The zero-order valence-corrected chi connectivity index (χ0v) is 14.5. The molecule has 1 aliphatic rings. The molecule has 1 fully saturated rings. The second kappa shape index (κ2) is 6.94. The Labute approximate surface area is 144 Å². The summed E-state index contributed by atoms with van der Waals surface area (Å²) >= 11 is 0. The third-order valence-corrected chi connectivity index (χ3v) is 5.10. The Morgan fingerprint density at radius 3 is 2.52 bits per heavy atom. The molecule has 1 heterocycles. The molecular formula is C20H25ClN2. The monoisotopic (exact) mass is 328 g/mol. The summed E-state index contributed by atoms with van der Waals surface area (Å²) in [6.45, 7) is 4.23. The van der Waals surface area contributed by atoms with E-state index >= 15 is 0 Å². The Morgan fingerprint density at radius 2 is 1.74 bits per heavy atom. The predicted octanol–water partition coefficient (Wildman–Crippen LogP) is 5.27. The van der Waals surface area contributed by atoms with Crippen LogP contribution < -0.4 is 5.32 Å². The summed E-state index contributed by atoms with van der Waals surface area (Å²) in [6.07, 6.45) is 5.47. The van der Waals surface area contributed by atoms with Gasteiger partial charge in [-0.25, -0.2) is 0 Å². The highest BCUT2D eigenvalue weighted by molar-refractivity contribution is 6.08. The number of halogens is 1. The van der Waals surface area contributed by atoms with Gasteiger partial charge >= 0.3 is 0 Å². The Morgan fingerprint density at radius 1 is 1.00 bits per heavy atom. The number of aryl methyl sites for hydroxylation is 1. The molecule has 1 aliphatic carbocycles. The molecule has 3 heteroatoms. The van der Waals surface area contributed by atoms with Crippen molar-refractivity contribution in [3.63, 3.8) is 0 Å². The van der Waals surface area contributed by atoms with Crippen LogP contribution >= 0.6 is 12.4 Å². The molecule has 3 aromatic rings. The lowest BCUT2D eigenvalue weighted by atomic mass is 10.1. The van der Waals surface area contributed by atoms with Crippen molar-refractivity contribution in [1.82, 2.24) is 9.88 Å². The number of para-hydroxylation sites is 1. The predicted molar refractivity (Wildman–Crippen MR) is 101 cm³/mol. The average molecular weight is 329 g/mol. The van der Waals surface area contributed by atoms with Gasteiger partial charge in [-0.1, -0.05) is 37.1 Å². The molecule has 2 nitrogen and oxygen atoms in total. The highest BCUT2D eigenvalue weighted by atomic mass is 35.5. The fourth-order valence-corrected chi connectivity index (χ4v) is 3.94. The summed E-state index contributed by atoms with van der Waals surface area (Å²) in [5.41, 5.74) is 4.10. The van der Waals surface area contributed by atoms with Crippen LogP contribution in [0.5, 0.6) is 0 Å². The van der Waals surface area contributed by atoms with E-state index in [4.69, 9.17) is 0 Å². The van der Waals surface area contributed by atoms with Crippen LogP contribution in [0.25, 0.3) is 21.8 Å². The molecule has 0 aliphatic heterocycles. The second-order valence-electron chi connectivity index (χ2n) is 6.48. The van der Waals surface area contributed by atoms with Crippen molar-refractivity contribution in [2.75, 3.05) is 0 Å². The van der Waals surface area contributed by atoms with Gasteiger partial charge in [0.15, 0.2) is 0 Å². The highest BCUT2D eigenvalue weighted by Crippen LogP contribution is 2.29. The van der Waals surface area contributed by atoms with Crippen LogP contribution in [-0.2, 0) is 13.1 Å². The van der Waals surface area contributed by atoms with Crippen LogP contribution in [0.2, 0.25) is 0 Å². The number of hydrogen-bond acceptors (Lipinski definition) is 1. The quantitative estimate of drug-likeness (QED) is 0.690. The van der Waals surface area contributed by atoms with Crippen molar-refractivity contribution in [2.24, 2.45) is 0 Å². The second-order valence-corrected chi connectivity index (χ2v) is 6.48. The molecule has 0 amide bonds. The van der Waals surface area contributed by atoms with Crippen molar-refractivity contribution in [2.45, 2.75) is 51.7 Å². The van der Waals surface area contributed by atoms with Gasteiger partial charge in [0.25, 0.3) is 0 Å². The van der Waals surface area contributed by atoms with Crippen LogP contribution in [0, 0.1) is 0 Å². The molecule has 1 saturated carbocycles. The first-order valence-electron chi connectivity index (χ1n) is 8.60. The van der Waals surface area contributed by atoms with E-state index < -0.39 is 0 Å². The van der Waals surface area contributed by atoms with E-state index in [1.807, 2.05) is 0 Å². The lowest BCUT2D eigenvalue weighted by Gasteiger charge is -2.12. The molecule has 4 rings (SSSR count). The molecule has 1 N–H and O–H groups in total. The standard InChI is InChI=1S/C20H24N2.ClH/c1-2-22-19-10-6-5-9-17(19)18-13-15(11-12-20(18)22)14-21-16-7-3-4-8-16;/h5-6,9-13,16,21H,2-4,7-8,14H2,1H3;1H. The molecule has 0 radical (unpaired) electrons. The van der Waals surface area contributed by atoms with E-state index in [2.05, 4.69) is 59.3 Å². The van der Waals surface area contributed by atoms with Crippen LogP contribution in [0.3, 0.4) is 0 Å². The number of hydrogen-bond donors (Lipinski definition) is 1. The first-order valence-corrected chi connectivity index (χ1v) is 8.60. The number of nitrogens with zero attached hydrogens (tertiary/aromatic N) is 1. The largest absolute Gasteiger partial charge is 0.341 e. The summed E-state index contributed by atoms with van der Waals surface area (Å²) in [6, 6.07) is 16.5. The maximum atomic E-state index is 3.72. The van der Waals surface area contributed by atoms with Crippen molar-refractivity contribution < 1.29 is 0 Å². The number of nitrogens with one attached hydrogen (secondary N) is 1. The van der Waals surface area contributed by atoms with E-state index in [-0.39, 0.29) is 12.4 Å². The van der Waals surface area contributed by atoms with Gasteiger partial charge in [-0.2, -0.15) is 0 Å². The smallest absolute Gasteiger partial charge is 0.0491 e. The molecule has 0 unspecified atom stereocenters. The highest BCUT2D eigenvalue weighted by Gasteiger charge is 2.14. The molecule has 1 aromatic heterocycles. The molecule has 122 valence electrons. The first kappa shape index (κ1) is 16.4. The topological polar surface area (TPSA) is 17.0 Å². The third-order valence-electron chi connectivity index (χ3n) is 5.10. The van der Waals surface area contributed by atoms with Crippen molar-refractivity contribution >= 4 is 34.2 Å². The van der Waals surface area contributed by atoms with Gasteiger partial charge in [0.05, 0.1) is 0 Å². The van der Waals surface area contributed by atoms with Gasteiger partial charge in [-0.05, 0) is 43.5 Å². The van der Waals surface area contributed by atoms with Crippen molar-refractivity contribution in [1.29, 1.82) is 0 Å². The molecule has 0 spiro atoms. The number of fused-ring (bicyclic) bond motifs is 3. The van der Waals surface area contributed by atoms with Crippen molar-refractivity contribution in [3.05, 3.63) is 48.0 Å². The van der Waals surface area contributed by atoms with Crippen LogP contribution in [0.4, 0.5) is 0 Å². The van der Waals surface area contributed by atoms with Gasteiger partial charge in [-0.15, -0.1) is 12.4 Å². The summed E-state index contributed by atoms with van der Waals surface area (Å²) in [5, 5.41) is 6.49. The zero-order valence-electron chi connectivity index (χ0n) is 13.7. The fraction of sp³-hybridized carbons (Fsp3) is 0.400. The molecular weight excluding hydrogens is 304 g/mol. The number of aromatic nitrogens is 1. The maximum Gasteiger partial charge on any atom is 0.0491 e. The minimum Gasteiger partial charge on any atom is -0.341 e. The minimum atomic E-state index is 0. The normalized spacial score (nSPS) is 15.3. The lowest BCUT2D eigenvalue weighted by Crippen LogP contribution is -2.25. The number of rotatable bonds is 4. The van der Waals surface area contributed by atoms with Gasteiger partial charge in [0, 0.05) is 40.9 Å². The molecule has 2 aromatic carbocycles. The fourth-order valence-electron chi connectivity index (χ4n) is 3.94. The SMILES string of the molecule is CCn1c2ccccc2c2cc(CNC3CCCC3)ccc21.Cl. The van der Waals surface area contributed by atoms with Crippen molar-refractivity contribution in [3.8, 4) is 0 Å². The maximum absolute atomic E-state index is 3.72. The van der Waals surface area contributed by atoms with Gasteiger partial charge in [-0.3, -0.25) is 0 Å². The molecule has 0 saturated heterocycles. The van der Waals surface area contributed by atoms with Crippen LogP contribution in [-0.4, -0.2) is 10.6 Å². The van der Waals surface area contributed by atoms with E-state index in [1.54, 1.807) is 0 Å². The molecule has 23 heavy (non-hydrogen) atoms. The summed E-state index contributed by atoms with van der Waals surface area (Å²) in [5.74, 6) is 0. The number of benzene rings is 2. The van der Waals surface area contributed by atoms with E-state index in [1.165, 1.54) is 53.1 Å². The molecule has 0 bridgehead atoms. The van der Waals surface area contributed by atoms with Crippen LogP contribution in [0.15, 0.2) is 42.5 Å². The van der Waals surface area contributed by atoms with E-state index in [0.29, 0.717) is 0 Å². The summed E-state index contributed by atoms with van der Waals surface area (Å²) in [4.78, 5) is 0. The first-order chi connectivity index (χ1) is 10.9. The van der Waals surface area contributed by atoms with Gasteiger partial charge in [0.1, 0.15) is 0 Å². The Kier molecular flexibility index (Phi) is 4.93. The zero-order chi connectivity index (χ0) is 14.9. The Balaban J connectivity index is 0.00000156. The Hall–Kier alpha value is -1.51. The van der Waals surface area contributed by atoms with E-state index in [9.17, 15) is 0 Å².